The number of fused-ring (bicyclic) bond motifs is 3. The van der Waals surface area contributed by atoms with Crippen molar-refractivity contribution in [1.29, 1.82) is 0 Å². The maximum absolute atomic E-state index is 6.07. The van der Waals surface area contributed by atoms with Gasteiger partial charge in [0.15, 0.2) is 0 Å². The minimum Gasteiger partial charge on any atom is -0.432 e. The molecule has 3 nitrogen and oxygen atoms in total. The first-order chi connectivity index (χ1) is 14.6. The summed E-state index contributed by atoms with van der Waals surface area (Å²) in [7, 11) is 0. The third-order valence-corrected chi connectivity index (χ3v) is 6.48. The van der Waals surface area contributed by atoms with Gasteiger partial charge >= 0.3 is 0 Å². The molecule has 3 aromatic carbocycles. The average molecular weight is 477 g/mol. The van der Waals surface area contributed by atoms with Gasteiger partial charge in [0.05, 0.1) is 6.04 Å². The first-order valence-electron chi connectivity index (χ1n) is 10.0. The van der Waals surface area contributed by atoms with E-state index in [4.69, 9.17) is 17.0 Å². The lowest BCUT2D eigenvalue weighted by atomic mass is 9.92. The number of ether oxygens (including phenoxy) is 1. The molecule has 150 valence electrons. The highest BCUT2D eigenvalue weighted by Crippen LogP contribution is 2.39. The molecule has 0 fully saturated rings. The van der Waals surface area contributed by atoms with E-state index in [-0.39, 0.29) is 6.04 Å². The minimum atomic E-state index is -0.0169. The Labute approximate surface area is 189 Å². The number of nitrogens with zero attached hydrogens (tertiary/aromatic N) is 1. The minimum absolute atomic E-state index is 0.0169. The van der Waals surface area contributed by atoms with Crippen LogP contribution >= 0.6 is 28.1 Å². The van der Waals surface area contributed by atoms with Crippen LogP contribution in [0.2, 0.25) is 0 Å². The van der Waals surface area contributed by atoms with Gasteiger partial charge in [0, 0.05) is 27.6 Å². The lowest BCUT2D eigenvalue weighted by Gasteiger charge is -2.37. The topological polar surface area (TPSA) is 28.3 Å². The summed E-state index contributed by atoms with van der Waals surface area (Å²) >= 11 is 9.39. The molecule has 0 aliphatic carbocycles. The number of benzene rings is 3. The summed E-state index contributed by atoms with van der Waals surface area (Å²) in [5.41, 5.74) is 6.14. The molecule has 1 aliphatic heterocycles. The predicted molar refractivity (Wildman–Crippen MR) is 129 cm³/mol. The Bertz CT molecular complexity index is 1220. The largest absolute Gasteiger partial charge is 0.432 e. The molecule has 1 unspecified atom stereocenters. The van der Waals surface area contributed by atoms with Gasteiger partial charge in [-0.05, 0) is 67.0 Å². The Morgan fingerprint density at radius 1 is 1.07 bits per heavy atom. The van der Waals surface area contributed by atoms with Crippen LogP contribution in [0, 0.1) is 6.92 Å². The molecule has 0 spiro atoms. The SMILES string of the molecule is Cc1ccc(C2c3[nH]c4ccc(Br)cc4c3CCN2C(=S)Oc2ccccc2)cc1. The van der Waals surface area contributed by atoms with Gasteiger partial charge in [-0.25, -0.2) is 0 Å². The molecular formula is C25H21BrN2OS. The molecule has 4 aromatic rings. The molecule has 30 heavy (non-hydrogen) atoms. The number of H-pyrrole nitrogens is 1. The summed E-state index contributed by atoms with van der Waals surface area (Å²) in [4.78, 5) is 5.87. The summed E-state index contributed by atoms with van der Waals surface area (Å²) in [6.07, 6.45) is 0.909. The maximum Gasteiger partial charge on any atom is 0.265 e. The Hall–Kier alpha value is -2.63. The number of aromatic amines is 1. The maximum atomic E-state index is 6.07. The van der Waals surface area contributed by atoms with Crippen molar-refractivity contribution in [2.45, 2.75) is 19.4 Å². The third-order valence-electron chi connectivity index (χ3n) is 5.66. The molecule has 0 bridgehead atoms. The standard InChI is InChI=1S/C25H21BrN2OS/c1-16-7-9-17(10-8-16)24-23-20(21-15-18(26)11-12-22(21)27-23)13-14-28(24)25(30)29-19-5-3-2-4-6-19/h2-12,15,24,27H,13-14H2,1H3. The van der Waals surface area contributed by atoms with Crippen LogP contribution in [0.25, 0.3) is 10.9 Å². The summed E-state index contributed by atoms with van der Waals surface area (Å²) in [6, 6.07) is 24.8. The number of nitrogens with one attached hydrogen (secondary N) is 1. The smallest absolute Gasteiger partial charge is 0.265 e. The van der Waals surface area contributed by atoms with Gasteiger partial charge in [0.1, 0.15) is 5.75 Å². The predicted octanol–water partition coefficient (Wildman–Crippen LogP) is 6.55. The summed E-state index contributed by atoms with van der Waals surface area (Å²) in [5, 5.41) is 1.77. The Balaban J connectivity index is 1.60. The zero-order chi connectivity index (χ0) is 20.7. The molecule has 1 N–H and O–H groups in total. The number of halogens is 1. The van der Waals surface area contributed by atoms with Crippen LogP contribution in [0.4, 0.5) is 0 Å². The fourth-order valence-corrected chi connectivity index (χ4v) is 4.85. The van der Waals surface area contributed by atoms with E-state index >= 15 is 0 Å². The van der Waals surface area contributed by atoms with Crippen LogP contribution in [0.5, 0.6) is 5.75 Å². The number of hydrogen-bond donors (Lipinski definition) is 1. The van der Waals surface area contributed by atoms with Crippen molar-refractivity contribution in [3.05, 3.63) is 99.7 Å². The fourth-order valence-electron chi connectivity index (χ4n) is 4.20. The highest BCUT2D eigenvalue weighted by Gasteiger charge is 2.34. The number of para-hydroxylation sites is 1. The summed E-state index contributed by atoms with van der Waals surface area (Å²) in [6.45, 7) is 2.91. The van der Waals surface area contributed by atoms with Crippen LogP contribution in [0.1, 0.15) is 28.4 Å². The van der Waals surface area contributed by atoms with Crippen LogP contribution in [-0.4, -0.2) is 21.6 Å². The monoisotopic (exact) mass is 476 g/mol. The number of rotatable bonds is 2. The van der Waals surface area contributed by atoms with Crippen molar-refractivity contribution in [1.82, 2.24) is 9.88 Å². The molecule has 0 saturated heterocycles. The first-order valence-corrected chi connectivity index (χ1v) is 11.2. The second-order valence-electron chi connectivity index (χ2n) is 7.64. The first kappa shape index (κ1) is 19.3. The van der Waals surface area contributed by atoms with E-state index in [1.54, 1.807) is 0 Å². The quantitative estimate of drug-likeness (QED) is 0.332. The number of aromatic nitrogens is 1. The van der Waals surface area contributed by atoms with E-state index in [2.05, 4.69) is 75.2 Å². The number of thiocarbonyl (C=S) groups is 1. The summed E-state index contributed by atoms with van der Waals surface area (Å²) < 4.78 is 7.17. The molecule has 5 heteroatoms. The molecule has 5 rings (SSSR count). The second kappa shape index (κ2) is 7.89. The highest BCUT2D eigenvalue weighted by atomic mass is 79.9. The van der Waals surface area contributed by atoms with Gasteiger partial charge in [-0.3, -0.25) is 0 Å². The zero-order valence-electron chi connectivity index (χ0n) is 16.6. The Kier molecular flexibility index (Phi) is 5.09. The highest BCUT2D eigenvalue weighted by molar-refractivity contribution is 9.10. The molecule has 0 saturated carbocycles. The van der Waals surface area contributed by atoms with E-state index in [0.717, 1.165) is 28.7 Å². The molecule has 1 atom stereocenters. The van der Waals surface area contributed by atoms with Crippen molar-refractivity contribution in [3.8, 4) is 5.75 Å². The van der Waals surface area contributed by atoms with Gasteiger partial charge in [-0.15, -0.1) is 0 Å². The van der Waals surface area contributed by atoms with Crippen molar-refractivity contribution in [2.75, 3.05) is 6.54 Å². The molecule has 1 aromatic heterocycles. The number of hydrogen-bond acceptors (Lipinski definition) is 2. The van der Waals surface area contributed by atoms with Gasteiger partial charge < -0.3 is 14.6 Å². The van der Waals surface area contributed by atoms with Gasteiger partial charge in [0.2, 0.25) is 0 Å². The number of aryl methyl sites for hydroxylation is 1. The van der Waals surface area contributed by atoms with E-state index in [0.29, 0.717) is 5.17 Å². The molecule has 2 heterocycles. The van der Waals surface area contributed by atoms with E-state index in [1.165, 1.54) is 27.8 Å². The van der Waals surface area contributed by atoms with Crippen LogP contribution in [-0.2, 0) is 6.42 Å². The van der Waals surface area contributed by atoms with Crippen molar-refractivity contribution in [2.24, 2.45) is 0 Å². The van der Waals surface area contributed by atoms with Crippen LogP contribution in [0.15, 0.2) is 77.3 Å². The molecule has 0 radical (unpaired) electrons. The van der Waals surface area contributed by atoms with Crippen molar-refractivity contribution < 1.29 is 4.74 Å². The van der Waals surface area contributed by atoms with Gasteiger partial charge in [0.25, 0.3) is 5.17 Å². The lowest BCUT2D eigenvalue weighted by Crippen LogP contribution is -2.42. The Morgan fingerprint density at radius 3 is 2.60 bits per heavy atom. The lowest BCUT2D eigenvalue weighted by molar-refractivity contribution is 0.289. The van der Waals surface area contributed by atoms with E-state index in [9.17, 15) is 0 Å². The van der Waals surface area contributed by atoms with Gasteiger partial charge in [-0.2, -0.15) is 0 Å². The third kappa shape index (κ3) is 3.53. The van der Waals surface area contributed by atoms with E-state index < -0.39 is 0 Å². The van der Waals surface area contributed by atoms with Crippen molar-refractivity contribution in [3.63, 3.8) is 0 Å². The van der Waals surface area contributed by atoms with Crippen LogP contribution in [0.3, 0.4) is 0 Å². The molecular weight excluding hydrogens is 456 g/mol. The van der Waals surface area contributed by atoms with Gasteiger partial charge in [-0.1, -0.05) is 64.0 Å². The average Bonchev–Trinajstić information content (AvgIpc) is 3.12. The normalized spacial score (nSPS) is 15.8. The van der Waals surface area contributed by atoms with Crippen molar-refractivity contribution >= 4 is 44.2 Å². The fraction of sp³-hybridized carbons (Fsp3) is 0.160. The molecule has 0 amide bonds. The van der Waals surface area contributed by atoms with E-state index in [1.807, 2.05) is 30.3 Å². The zero-order valence-corrected chi connectivity index (χ0v) is 19.0. The van der Waals surface area contributed by atoms with Crippen LogP contribution < -0.4 is 4.74 Å². The summed E-state index contributed by atoms with van der Waals surface area (Å²) in [5.74, 6) is 0.761. The Morgan fingerprint density at radius 2 is 1.83 bits per heavy atom. The second-order valence-corrected chi connectivity index (χ2v) is 8.91. The molecule has 1 aliphatic rings.